The molecule has 0 atom stereocenters. The molecule has 0 unspecified atom stereocenters. The van der Waals surface area contributed by atoms with Gasteiger partial charge in [-0.25, -0.2) is 4.79 Å². The molecular weight excluding hydrogens is 314 g/mol. The van der Waals surface area contributed by atoms with E-state index in [1.54, 1.807) is 32.8 Å². The first-order valence-electron chi connectivity index (χ1n) is 8.24. The lowest BCUT2D eigenvalue weighted by Gasteiger charge is -2.32. The molecule has 8 nitrogen and oxygen atoms in total. The number of piperidine rings is 1. The Morgan fingerprint density at radius 1 is 1.17 bits per heavy atom. The highest BCUT2D eigenvalue weighted by Gasteiger charge is 2.24. The summed E-state index contributed by atoms with van der Waals surface area (Å²) < 4.78 is 9.97. The minimum absolute atomic E-state index is 0.0180. The van der Waals surface area contributed by atoms with E-state index in [2.05, 4.69) is 10.6 Å². The van der Waals surface area contributed by atoms with Gasteiger partial charge in [-0.15, -0.1) is 0 Å². The van der Waals surface area contributed by atoms with Crippen molar-refractivity contribution in [2.45, 2.75) is 51.7 Å². The van der Waals surface area contributed by atoms with Crippen LogP contribution in [0.5, 0.6) is 0 Å². The fraction of sp³-hybridized carbons (Fsp3) is 0.812. The van der Waals surface area contributed by atoms with Crippen LogP contribution in [0.4, 0.5) is 4.79 Å². The van der Waals surface area contributed by atoms with Crippen LogP contribution < -0.4 is 10.6 Å². The second-order valence-corrected chi connectivity index (χ2v) is 6.82. The van der Waals surface area contributed by atoms with Gasteiger partial charge < -0.3 is 25.0 Å². The summed E-state index contributed by atoms with van der Waals surface area (Å²) in [7, 11) is 1.57. The Hall–Kier alpha value is -1.83. The van der Waals surface area contributed by atoms with Gasteiger partial charge >= 0.3 is 6.09 Å². The van der Waals surface area contributed by atoms with Crippen LogP contribution in [0.15, 0.2) is 0 Å². The number of alkyl carbamates (subject to hydrolysis) is 1. The molecule has 1 saturated heterocycles. The standard InChI is InChI=1S/C16H29N3O5/c1-16(2,3)24-15(22)17-11-13(20)18-12-5-8-19(9-6-12)14(21)7-10-23-4/h12H,5-11H2,1-4H3,(H,17,22)(H,18,20). The third-order valence-corrected chi connectivity index (χ3v) is 3.52. The molecule has 0 aromatic carbocycles. The van der Waals surface area contributed by atoms with Gasteiger partial charge in [-0.05, 0) is 33.6 Å². The second kappa shape index (κ2) is 9.46. The molecule has 0 aliphatic carbocycles. The molecule has 0 aromatic rings. The lowest BCUT2D eigenvalue weighted by Crippen LogP contribution is -2.49. The van der Waals surface area contributed by atoms with Crippen LogP contribution in [0, 0.1) is 0 Å². The number of ether oxygens (including phenoxy) is 2. The molecule has 138 valence electrons. The van der Waals surface area contributed by atoms with Crippen molar-refractivity contribution < 1.29 is 23.9 Å². The number of hydrogen-bond acceptors (Lipinski definition) is 5. The molecule has 1 heterocycles. The maximum atomic E-state index is 11.9. The van der Waals surface area contributed by atoms with Crippen LogP contribution in [0.2, 0.25) is 0 Å². The topological polar surface area (TPSA) is 97.0 Å². The third-order valence-electron chi connectivity index (χ3n) is 3.52. The van der Waals surface area contributed by atoms with E-state index in [0.717, 1.165) is 0 Å². The zero-order valence-corrected chi connectivity index (χ0v) is 15.0. The van der Waals surface area contributed by atoms with Crippen molar-refractivity contribution in [2.24, 2.45) is 0 Å². The summed E-state index contributed by atoms with van der Waals surface area (Å²) in [6.45, 7) is 6.81. The smallest absolute Gasteiger partial charge is 0.408 e. The van der Waals surface area contributed by atoms with Crippen LogP contribution in [0.25, 0.3) is 0 Å². The van der Waals surface area contributed by atoms with E-state index in [1.807, 2.05) is 0 Å². The first-order valence-corrected chi connectivity index (χ1v) is 8.24. The monoisotopic (exact) mass is 343 g/mol. The summed E-state index contributed by atoms with van der Waals surface area (Å²) >= 11 is 0. The van der Waals surface area contributed by atoms with Crippen LogP contribution in [0.1, 0.15) is 40.0 Å². The number of hydrogen-bond donors (Lipinski definition) is 2. The highest BCUT2D eigenvalue weighted by molar-refractivity contribution is 5.82. The zero-order valence-electron chi connectivity index (χ0n) is 15.0. The van der Waals surface area contributed by atoms with Gasteiger partial charge in [0.25, 0.3) is 0 Å². The van der Waals surface area contributed by atoms with E-state index in [-0.39, 0.29) is 24.4 Å². The van der Waals surface area contributed by atoms with E-state index in [9.17, 15) is 14.4 Å². The number of nitrogens with zero attached hydrogens (tertiary/aromatic N) is 1. The number of methoxy groups -OCH3 is 1. The molecule has 0 radical (unpaired) electrons. The van der Waals surface area contributed by atoms with Crippen LogP contribution >= 0.6 is 0 Å². The third kappa shape index (κ3) is 8.14. The molecule has 1 rings (SSSR count). The van der Waals surface area contributed by atoms with E-state index in [1.165, 1.54) is 0 Å². The van der Waals surface area contributed by atoms with Gasteiger partial charge in [-0.3, -0.25) is 9.59 Å². The maximum absolute atomic E-state index is 11.9. The van der Waals surface area contributed by atoms with Crippen molar-refractivity contribution >= 4 is 17.9 Å². The maximum Gasteiger partial charge on any atom is 0.408 e. The van der Waals surface area contributed by atoms with Crippen molar-refractivity contribution in [3.8, 4) is 0 Å². The molecule has 1 aliphatic rings. The highest BCUT2D eigenvalue weighted by atomic mass is 16.6. The predicted octanol–water partition coefficient (Wildman–Crippen LogP) is 0.655. The zero-order chi connectivity index (χ0) is 18.2. The Bertz CT molecular complexity index is 439. The fourth-order valence-electron chi connectivity index (χ4n) is 2.37. The molecule has 8 heteroatoms. The Labute approximate surface area is 143 Å². The lowest BCUT2D eigenvalue weighted by molar-refractivity contribution is -0.133. The Morgan fingerprint density at radius 3 is 2.33 bits per heavy atom. The second-order valence-electron chi connectivity index (χ2n) is 6.82. The van der Waals surface area contributed by atoms with Crippen LogP contribution in [0.3, 0.4) is 0 Å². The van der Waals surface area contributed by atoms with E-state index in [0.29, 0.717) is 39.0 Å². The molecule has 1 fully saturated rings. The van der Waals surface area contributed by atoms with Crippen molar-refractivity contribution in [3.63, 3.8) is 0 Å². The highest BCUT2D eigenvalue weighted by Crippen LogP contribution is 2.11. The van der Waals surface area contributed by atoms with Gasteiger partial charge in [0, 0.05) is 26.2 Å². The molecular formula is C16H29N3O5. The Morgan fingerprint density at radius 2 is 1.79 bits per heavy atom. The number of rotatable bonds is 6. The number of nitrogens with one attached hydrogen (secondary N) is 2. The van der Waals surface area contributed by atoms with E-state index < -0.39 is 11.7 Å². The van der Waals surface area contributed by atoms with Crippen molar-refractivity contribution in [1.82, 2.24) is 15.5 Å². The summed E-state index contributed by atoms with van der Waals surface area (Å²) in [4.78, 5) is 37.0. The first-order chi connectivity index (χ1) is 11.2. The molecule has 2 N–H and O–H groups in total. The summed E-state index contributed by atoms with van der Waals surface area (Å²) in [5.41, 5.74) is -0.595. The molecule has 24 heavy (non-hydrogen) atoms. The molecule has 0 spiro atoms. The number of amides is 3. The normalized spacial score (nSPS) is 15.8. The van der Waals surface area contributed by atoms with E-state index in [4.69, 9.17) is 9.47 Å². The van der Waals surface area contributed by atoms with Crippen molar-refractivity contribution in [3.05, 3.63) is 0 Å². The summed E-state index contributed by atoms with van der Waals surface area (Å²) in [6.07, 6.45) is 1.18. The van der Waals surface area contributed by atoms with Crippen LogP contribution in [-0.4, -0.2) is 67.8 Å². The van der Waals surface area contributed by atoms with Gasteiger partial charge in [-0.2, -0.15) is 0 Å². The average Bonchev–Trinajstić information content (AvgIpc) is 2.49. The molecule has 0 bridgehead atoms. The Kier molecular flexibility index (Phi) is 7.97. The summed E-state index contributed by atoms with van der Waals surface area (Å²) in [5, 5.41) is 5.29. The number of likely N-dealkylation sites (tertiary alicyclic amines) is 1. The van der Waals surface area contributed by atoms with Gasteiger partial charge in [0.2, 0.25) is 11.8 Å². The SMILES string of the molecule is COCCC(=O)N1CCC(NC(=O)CNC(=O)OC(C)(C)C)CC1. The van der Waals surface area contributed by atoms with E-state index >= 15 is 0 Å². The van der Waals surface area contributed by atoms with Crippen molar-refractivity contribution in [1.29, 1.82) is 0 Å². The minimum atomic E-state index is -0.615. The summed E-state index contributed by atoms with van der Waals surface area (Å²) in [6, 6.07) is 0.0180. The summed E-state index contributed by atoms with van der Waals surface area (Å²) in [5.74, 6) is -0.182. The van der Waals surface area contributed by atoms with Crippen molar-refractivity contribution in [2.75, 3.05) is 33.4 Å². The molecule has 3 amide bonds. The lowest BCUT2D eigenvalue weighted by atomic mass is 10.0. The quantitative estimate of drug-likeness (QED) is 0.738. The largest absolute Gasteiger partial charge is 0.444 e. The van der Waals surface area contributed by atoms with Gasteiger partial charge in [0.05, 0.1) is 13.0 Å². The van der Waals surface area contributed by atoms with Gasteiger partial charge in [0.1, 0.15) is 12.1 Å². The number of carbonyl (C=O) groups is 3. The minimum Gasteiger partial charge on any atom is -0.444 e. The van der Waals surface area contributed by atoms with Crippen LogP contribution in [-0.2, 0) is 19.1 Å². The average molecular weight is 343 g/mol. The fourth-order valence-corrected chi connectivity index (χ4v) is 2.37. The molecule has 0 saturated carbocycles. The Balaban J connectivity index is 2.23. The predicted molar refractivity (Wildman–Crippen MR) is 88.5 cm³/mol. The number of carbonyl (C=O) groups excluding carboxylic acids is 3. The van der Waals surface area contributed by atoms with Gasteiger partial charge in [0.15, 0.2) is 0 Å². The first kappa shape index (κ1) is 20.2. The molecule has 1 aliphatic heterocycles. The molecule has 0 aromatic heterocycles. The van der Waals surface area contributed by atoms with Gasteiger partial charge in [-0.1, -0.05) is 0 Å².